The number of nitrogens with zero attached hydrogens (tertiary/aromatic N) is 4. The second-order valence-corrected chi connectivity index (χ2v) is 5.58. The summed E-state index contributed by atoms with van der Waals surface area (Å²) in [6.45, 7) is 1.05. The summed E-state index contributed by atoms with van der Waals surface area (Å²) in [6, 6.07) is 19.8. The molecule has 25 heavy (non-hydrogen) atoms. The Labute approximate surface area is 144 Å². The first-order valence-electron chi connectivity index (χ1n) is 7.94. The van der Waals surface area contributed by atoms with E-state index >= 15 is 0 Å². The standard InChI is InChI=1S/C19H16N4O2/c1-2-4-15(5-3-1)14-24-17-8-6-16(7-9-17)19-12-18(25-21-19)13-23-11-10-20-22-23/h1-12H,13-14H2. The Morgan fingerprint density at radius 2 is 1.84 bits per heavy atom. The Balaban J connectivity index is 1.41. The molecular formula is C19H16N4O2. The number of hydrogen-bond acceptors (Lipinski definition) is 5. The van der Waals surface area contributed by atoms with E-state index in [0.29, 0.717) is 13.2 Å². The monoisotopic (exact) mass is 332 g/mol. The van der Waals surface area contributed by atoms with Gasteiger partial charge in [-0.15, -0.1) is 5.10 Å². The molecule has 0 atom stereocenters. The highest BCUT2D eigenvalue weighted by atomic mass is 16.5. The third-order valence-corrected chi connectivity index (χ3v) is 3.75. The van der Waals surface area contributed by atoms with Crippen LogP contribution >= 0.6 is 0 Å². The van der Waals surface area contributed by atoms with E-state index in [9.17, 15) is 0 Å². The van der Waals surface area contributed by atoms with Crippen LogP contribution < -0.4 is 4.74 Å². The van der Waals surface area contributed by atoms with Crippen LogP contribution in [0.3, 0.4) is 0 Å². The molecular weight excluding hydrogens is 316 g/mol. The first-order chi connectivity index (χ1) is 12.4. The SMILES string of the molecule is c1ccc(COc2ccc(-c3cc(Cn4ccnn4)on3)cc2)cc1. The molecule has 6 heteroatoms. The van der Waals surface area contributed by atoms with Gasteiger partial charge in [0.15, 0.2) is 5.76 Å². The number of ether oxygens (including phenoxy) is 1. The van der Waals surface area contributed by atoms with Crippen molar-refractivity contribution in [1.82, 2.24) is 20.2 Å². The molecule has 0 fully saturated rings. The van der Waals surface area contributed by atoms with Crippen LogP contribution in [0, 0.1) is 0 Å². The predicted molar refractivity (Wildman–Crippen MR) is 91.8 cm³/mol. The summed E-state index contributed by atoms with van der Waals surface area (Å²) in [7, 11) is 0. The first-order valence-corrected chi connectivity index (χ1v) is 7.94. The minimum Gasteiger partial charge on any atom is -0.489 e. The maximum absolute atomic E-state index is 5.80. The Morgan fingerprint density at radius 3 is 2.60 bits per heavy atom. The van der Waals surface area contributed by atoms with Gasteiger partial charge in [-0.05, 0) is 29.8 Å². The van der Waals surface area contributed by atoms with Crippen LogP contribution in [-0.4, -0.2) is 20.2 Å². The zero-order chi connectivity index (χ0) is 16.9. The second-order valence-electron chi connectivity index (χ2n) is 5.58. The lowest BCUT2D eigenvalue weighted by molar-refractivity contribution is 0.306. The molecule has 0 aliphatic carbocycles. The Hall–Kier alpha value is -3.41. The Kier molecular flexibility index (Phi) is 4.24. The summed E-state index contributed by atoms with van der Waals surface area (Å²) in [5.41, 5.74) is 2.89. The number of aromatic nitrogens is 4. The van der Waals surface area contributed by atoms with E-state index in [4.69, 9.17) is 9.26 Å². The van der Waals surface area contributed by atoms with Gasteiger partial charge in [-0.25, -0.2) is 4.68 Å². The van der Waals surface area contributed by atoms with Gasteiger partial charge >= 0.3 is 0 Å². The van der Waals surface area contributed by atoms with Gasteiger partial charge in [-0.2, -0.15) is 0 Å². The number of benzene rings is 2. The van der Waals surface area contributed by atoms with Crippen LogP contribution in [0.5, 0.6) is 5.75 Å². The van der Waals surface area contributed by atoms with Gasteiger partial charge in [0.05, 0.1) is 6.20 Å². The predicted octanol–water partition coefficient (Wildman–Crippen LogP) is 3.56. The lowest BCUT2D eigenvalue weighted by Gasteiger charge is -2.06. The second kappa shape index (κ2) is 7.00. The largest absolute Gasteiger partial charge is 0.489 e. The van der Waals surface area contributed by atoms with Crippen molar-refractivity contribution in [3.8, 4) is 17.0 Å². The molecule has 2 heterocycles. The molecule has 2 aromatic carbocycles. The quantitative estimate of drug-likeness (QED) is 0.540. The summed E-state index contributed by atoms with van der Waals surface area (Å²) in [5.74, 6) is 1.55. The summed E-state index contributed by atoms with van der Waals surface area (Å²) < 4.78 is 12.8. The van der Waals surface area contributed by atoms with Gasteiger partial charge in [-0.1, -0.05) is 40.7 Å². The average molecular weight is 332 g/mol. The highest BCUT2D eigenvalue weighted by Crippen LogP contribution is 2.23. The minimum atomic E-state index is 0.505. The minimum absolute atomic E-state index is 0.505. The summed E-state index contributed by atoms with van der Waals surface area (Å²) in [4.78, 5) is 0. The smallest absolute Gasteiger partial charge is 0.158 e. The third-order valence-electron chi connectivity index (χ3n) is 3.75. The molecule has 0 N–H and O–H groups in total. The van der Waals surface area contributed by atoms with Crippen LogP contribution in [0.25, 0.3) is 11.3 Å². The topological polar surface area (TPSA) is 66.0 Å². The van der Waals surface area contributed by atoms with Crippen molar-refractivity contribution in [2.75, 3.05) is 0 Å². The van der Waals surface area contributed by atoms with Crippen molar-refractivity contribution in [2.45, 2.75) is 13.2 Å². The van der Waals surface area contributed by atoms with Gasteiger partial charge < -0.3 is 9.26 Å². The molecule has 0 saturated heterocycles. The van der Waals surface area contributed by atoms with Crippen molar-refractivity contribution in [2.24, 2.45) is 0 Å². The van der Waals surface area contributed by atoms with Gasteiger partial charge in [0.25, 0.3) is 0 Å². The van der Waals surface area contributed by atoms with Crippen molar-refractivity contribution < 1.29 is 9.26 Å². The molecule has 2 aromatic heterocycles. The Morgan fingerprint density at radius 1 is 1.00 bits per heavy atom. The maximum atomic E-state index is 5.80. The molecule has 124 valence electrons. The van der Waals surface area contributed by atoms with E-state index in [1.165, 1.54) is 0 Å². The molecule has 0 bridgehead atoms. The van der Waals surface area contributed by atoms with Crippen LogP contribution in [0.4, 0.5) is 0 Å². The Bertz CT molecular complexity index is 916. The van der Waals surface area contributed by atoms with E-state index in [-0.39, 0.29) is 0 Å². The molecule has 0 aliphatic heterocycles. The van der Waals surface area contributed by atoms with E-state index in [0.717, 1.165) is 28.3 Å². The molecule has 0 saturated carbocycles. The summed E-state index contributed by atoms with van der Waals surface area (Å²) in [6.07, 6.45) is 3.41. The average Bonchev–Trinajstić information content (AvgIpc) is 3.34. The highest BCUT2D eigenvalue weighted by molar-refractivity contribution is 5.59. The molecule has 0 aliphatic rings. The molecule has 6 nitrogen and oxygen atoms in total. The summed E-state index contributed by atoms with van der Waals surface area (Å²) >= 11 is 0. The van der Waals surface area contributed by atoms with E-state index in [1.807, 2.05) is 60.7 Å². The maximum Gasteiger partial charge on any atom is 0.158 e. The van der Waals surface area contributed by atoms with E-state index in [2.05, 4.69) is 15.5 Å². The fraction of sp³-hybridized carbons (Fsp3) is 0.105. The molecule has 0 spiro atoms. The first kappa shape index (κ1) is 15.1. The van der Waals surface area contributed by atoms with Crippen molar-refractivity contribution >= 4 is 0 Å². The molecule has 4 aromatic rings. The molecule has 0 unspecified atom stereocenters. The van der Waals surface area contributed by atoms with Gasteiger partial charge in [0, 0.05) is 17.8 Å². The van der Waals surface area contributed by atoms with Crippen LogP contribution in [0.2, 0.25) is 0 Å². The van der Waals surface area contributed by atoms with E-state index in [1.54, 1.807) is 17.1 Å². The van der Waals surface area contributed by atoms with E-state index < -0.39 is 0 Å². The van der Waals surface area contributed by atoms with Gasteiger partial charge in [0.1, 0.15) is 24.6 Å². The zero-order valence-corrected chi connectivity index (χ0v) is 13.4. The van der Waals surface area contributed by atoms with Crippen LogP contribution in [0.15, 0.2) is 77.6 Å². The third kappa shape index (κ3) is 3.74. The molecule has 0 amide bonds. The fourth-order valence-electron chi connectivity index (χ4n) is 2.46. The summed E-state index contributed by atoms with van der Waals surface area (Å²) in [5, 5.41) is 11.8. The van der Waals surface area contributed by atoms with Gasteiger partial charge in [0.2, 0.25) is 0 Å². The van der Waals surface area contributed by atoms with Crippen molar-refractivity contribution in [1.29, 1.82) is 0 Å². The van der Waals surface area contributed by atoms with Crippen LogP contribution in [0.1, 0.15) is 11.3 Å². The highest BCUT2D eigenvalue weighted by Gasteiger charge is 2.08. The van der Waals surface area contributed by atoms with Crippen molar-refractivity contribution in [3.05, 3.63) is 84.4 Å². The fourth-order valence-corrected chi connectivity index (χ4v) is 2.46. The molecule has 4 rings (SSSR count). The lowest BCUT2D eigenvalue weighted by Crippen LogP contribution is -1.98. The van der Waals surface area contributed by atoms with Crippen LogP contribution in [-0.2, 0) is 13.2 Å². The van der Waals surface area contributed by atoms with Gasteiger partial charge in [-0.3, -0.25) is 0 Å². The molecule has 0 radical (unpaired) electrons. The normalized spacial score (nSPS) is 10.7. The van der Waals surface area contributed by atoms with Crippen molar-refractivity contribution in [3.63, 3.8) is 0 Å². The number of rotatable bonds is 6. The zero-order valence-electron chi connectivity index (χ0n) is 13.4. The lowest BCUT2D eigenvalue weighted by atomic mass is 10.1. The number of hydrogen-bond donors (Lipinski definition) is 0.